The summed E-state index contributed by atoms with van der Waals surface area (Å²) in [7, 11) is 0. The lowest BCUT2D eigenvalue weighted by Gasteiger charge is -2.18. The van der Waals surface area contributed by atoms with E-state index in [9.17, 15) is 14.4 Å². The third-order valence-electron chi connectivity index (χ3n) is 9.86. The highest BCUT2D eigenvalue weighted by atomic mass is 16.6. The summed E-state index contributed by atoms with van der Waals surface area (Å²) >= 11 is 0. The van der Waals surface area contributed by atoms with E-state index in [0.29, 0.717) is 19.3 Å². The molecule has 0 unspecified atom stereocenters. The van der Waals surface area contributed by atoms with E-state index in [-0.39, 0.29) is 31.1 Å². The van der Waals surface area contributed by atoms with Crippen molar-refractivity contribution in [2.45, 2.75) is 252 Å². The number of esters is 3. The second-order valence-electron chi connectivity index (χ2n) is 15.0. The number of hydrogen-bond acceptors (Lipinski definition) is 6. The zero-order valence-electron chi connectivity index (χ0n) is 33.7. The van der Waals surface area contributed by atoms with Crippen LogP contribution in [0.4, 0.5) is 0 Å². The van der Waals surface area contributed by atoms with Gasteiger partial charge in [-0.25, -0.2) is 0 Å². The van der Waals surface area contributed by atoms with Gasteiger partial charge in [-0.2, -0.15) is 0 Å². The van der Waals surface area contributed by atoms with Crippen molar-refractivity contribution >= 4 is 17.9 Å². The second-order valence-corrected chi connectivity index (χ2v) is 15.0. The Hall–Kier alpha value is -1.59. The average molecular weight is 709 g/mol. The van der Waals surface area contributed by atoms with E-state index >= 15 is 0 Å². The SMILES string of the molecule is CCCCCCCCCCCCCCCC(=O)OC[C@@H](COC(=O)CCCCCCCCCCCCCC)OC(=O)CCCCCCCCC. The molecule has 0 spiro atoms. The van der Waals surface area contributed by atoms with Crippen molar-refractivity contribution in [2.24, 2.45) is 0 Å². The lowest BCUT2D eigenvalue weighted by molar-refractivity contribution is -0.167. The Bertz CT molecular complexity index is 738. The Morgan fingerprint density at radius 1 is 0.320 bits per heavy atom. The molecule has 0 N–H and O–H groups in total. The molecule has 0 bridgehead atoms. The molecule has 0 aromatic carbocycles. The first kappa shape index (κ1) is 48.4. The summed E-state index contributed by atoms with van der Waals surface area (Å²) < 4.78 is 16.6. The molecule has 0 aliphatic rings. The van der Waals surface area contributed by atoms with Crippen LogP contribution in [0.3, 0.4) is 0 Å². The van der Waals surface area contributed by atoms with Gasteiger partial charge in [0.05, 0.1) is 0 Å². The maximum Gasteiger partial charge on any atom is 0.306 e. The third-order valence-corrected chi connectivity index (χ3v) is 9.86. The van der Waals surface area contributed by atoms with Crippen molar-refractivity contribution in [1.29, 1.82) is 0 Å². The molecule has 0 aromatic heterocycles. The van der Waals surface area contributed by atoms with Gasteiger partial charge in [-0.15, -0.1) is 0 Å². The van der Waals surface area contributed by atoms with Gasteiger partial charge in [0.2, 0.25) is 0 Å². The van der Waals surface area contributed by atoms with Crippen LogP contribution in [-0.2, 0) is 28.6 Å². The molecule has 6 nitrogen and oxygen atoms in total. The van der Waals surface area contributed by atoms with Crippen LogP contribution >= 0.6 is 0 Å². The summed E-state index contributed by atoms with van der Waals surface area (Å²) in [5.41, 5.74) is 0. The first-order valence-electron chi connectivity index (χ1n) is 22.0. The summed E-state index contributed by atoms with van der Waals surface area (Å²) in [6, 6.07) is 0. The molecule has 0 fully saturated rings. The number of ether oxygens (including phenoxy) is 3. The smallest absolute Gasteiger partial charge is 0.306 e. The van der Waals surface area contributed by atoms with Crippen molar-refractivity contribution in [1.82, 2.24) is 0 Å². The Kier molecular flexibility index (Phi) is 38.9. The third kappa shape index (κ3) is 37.7. The van der Waals surface area contributed by atoms with Crippen LogP contribution < -0.4 is 0 Å². The minimum absolute atomic E-state index is 0.0636. The fraction of sp³-hybridized carbons (Fsp3) is 0.932. The molecule has 0 heterocycles. The minimum atomic E-state index is -0.756. The van der Waals surface area contributed by atoms with Gasteiger partial charge in [-0.1, -0.05) is 207 Å². The maximum absolute atomic E-state index is 12.6. The van der Waals surface area contributed by atoms with Crippen molar-refractivity contribution in [3.05, 3.63) is 0 Å². The second kappa shape index (κ2) is 40.2. The number of rotatable bonds is 40. The molecule has 0 radical (unpaired) electrons. The van der Waals surface area contributed by atoms with Gasteiger partial charge >= 0.3 is 17.9 Å². The number of carbonyl (C=O) groups is 3. The van der Waals surface area contributed by atoms with E-state index in [0.717, 1.165) is 57.8 Å². The summed E-state index contributed by atoms with van der Waals surface area (Å²) in [6.07, 6.45) is 39.5. The monoisotopic (exact) mass is 709 g/mol. The zero-order chi connectivity index (χ0) is 36.6. The Morgan fingerprint density at radius 3 is 0.800 bits per heavy atom. The quantitative estimate of drug-likeness (QED) is 0.0358. The Morgan fingerprint density at radius 2 is 0.540 bits per heavy atom. The van der Waals surface area contributed by atoms with Crippen LogP contribution in [0.1, 0.15) is 245 Å². The van der Waals surface area contributed by atoms with E-state index in [1.165, 1.54) is 148 Å². The molecule has 50 heavy (non-hydrogen) atoms. The minimum Gasteiger partial charge on any atom is -0.462 e. The molecule has 0 amide bonds. The molecule has 0 rings (SSSR count). The highest BCUT2D eigenvalue weighted by Crippen LogP contribution is 2.15. The summed E-state index contributed by atoms with van der Waals surface area (Å²) in [5.74, 6) is -0.861. The van der Waals surface area contributed by atoms with Crippen molar-refractivity contribution in [3.8, 4) is 0 Å². The molecule has 0 saturated heterocycles. The van der Waals surface area contributed by atoms with Crippen LogP contribution in [0.5, 0.6) is 0 Å². The number of carbonyl (C=O) groups excluding carboxylic acids is 3. The molecule has 0 aliphatic heterocycles. The van der Waals surface area contributed by atoms with Gasteiger partial charge in [0.25, 0.3) is 0 Å². The lowest BCUT2D eigenvalue weighted by Crippen LogP contribution is -2.30. The number of unbranched alkanes of at least 4 members (excludes halogenated alkanes) is 29. The van der Waals surface area contributed by atoms with Gasteiger partial charge in [-0.05, 0) is 19.3 Å². The van der Waals surface area contributed by atoms with E-state index in [1.807, 2.05) is 0 Å². The van der Waals surface area contributed by atoms with Crippen LogP contribution in [0.2, 0.25) is 0 Å². The van der Waals surface area contributed by atoms with Crippen molar-refractivity contribution in [2.75, 3.05) is 13.2 Å². The van der Waals surface area contributed by atoms with Gasteiger partial charge in [0.1, 0.15) is 13.2 Å². The van der Waals surface area contributed by atoms with E-state index < -0.39 is 6.10 Å². The normalized spacial score (nSPS) is 11.8. The van der Waals surface area contributed by atoms with Crippen molar-refractivity contribution < 1.29 is 28.6 Å². The molecule has 296 valence electrons. The topological polar surface area (TPSA) is 78.9 Å². The fourth-order valence-corrected chi connectivity index (χ4v) is 6.50. The standard InChI is InChI=1S/C44H84O6/c1-4-7-10-13-16-18-20-22-24-26-29-31-34-37-43(46)49-40-41(50-44(47)38-35-32-27-15-12-9-6-3)39-48-42(45)36-33-30-28-25-23-21-19-17-14-11-8-5-2/h41H,4-40H2,1-3H3/t41-/m1/s1. The summed E-state index contributed by atoms with van der Waals surface area (Å²) in [5, 5.41) is 0. The first-order chi connectivity index (χ1) is 24.5. The molecule has 0 aliphatic carbocycles. The predicted molar refractivity (Wildman–Crippen MR) is 210 cm³/mol. The van der Waals surface area contributed by atoms with Gasteiger partial charge in [-0.3, -0.25) is 14.4 Å². The Labute approximate surface area is 310 Å². The zero-order valence-corrected chi connectivity index (χ0v) is 33.7. The molecule has 1 atom stereocenters. The number of hydrogen-bond donors (Lipinski definition) is 0. The first-order valence-corrected chi connectivity index (χ1v) is 22.0. The van der Waals surface area contributed by atoms with E-state index in [4.69, 9.17) is 14.2 Å². The van der Waals surface area contributed by atoms with Crippen LogP contribution in [0, 0.1) is 0 Å². The molecule has 0 saturated carbocycles. The molecular weight excluding hydrogens is 624 g/mol. The largest absolute Gasteiger partial charge is 0.462 e. The van der Waals surface area contributed by atoms with E-state index in [1.54, 1.807) is 0 Å². The van der Waals surface area contributed by atoms with Crippen LogP contribution in [0.25, 0.3) is 0 Å². The predicted octanol–water partition coefficient (Wildman–Crippen LogP) is 13.7. The maximum atomic E-state index is 12.6. The Balaban J connectivity index is 4.24. The summed E-state index contributed by atoms with van der Waals surface area (Å²) in [6.45, 7) is 6.60. The van der Waals surface area contributed by atoms with Crippen LogP contribution in [0.15, 0.2) is 0 Å². The van der Waals surface area contributed by atoms with E-state index in [2.05, 4.69) is 20.8 Å². The van der Waals surface area contributed by atoms with Gasteiger partial charge < -0.3 is 14.2 Å². The van der Waals surface area contributed by atoms with Gasteiger partial charge in [0.15, 0.2) is 6.10 Å². The summed E-state index contributed by atoms with van der Waals surface area (Å²) in [4.78, 5) is 37.5. The molecule has 6 heteroatoms. The van der Waals surface area contributed by atoms with Crippen molar-refractivity contribution in [3.63, 3.8) is 0 Å². The highest BCUT2D eigenvalue weighted by molar-refractivity contribution is 5.71. The van der Waals surface area contributed by atoms with Gasteiger partial charge in [0, 0.05) is 19.3 Å². The average Bonchev–Trinajstić information content (AvgIpc) is 3.11. The fourth-order valence-electron chi connectivity index (χ4n) is 6.50. The molecular formula is C44H84O6. The van der Waals surface area contributed by atoms with Crippen LogP contribution in [-0.4, -0.2) is 37.2 Å². The lowest BCUT2D eigenvalue weighted by atomic mass is 10.0. The molecule has 0 aromatic rings. The highest BCUT2D eigenvalue weighted by Gasteiger charge is 2.19.